The molecule has 0 saturated carbocycles. The summed E-state index contributed by atoms with van der Waals surface area (Å²) in [7, 11) is 0. The van der Waals surface area contributed by atoms with E-state index in [-0.39, 0.29) is 0 Å². The highest BCUT2D eigenvalue weighted by Gasteiger charge is 2.21. The van der Waals surface area contributed by atoms with Crippen LogP contribution in [0.5, 0.6) is 0 Å². The Labute approximate surface area is 274 Å². The van der Waals surface area contributed by atoms with Gasteiger partial charge < -0.3 is 8.83 Å². The van der Waals surface area contributed by atoms with Crippen molar-refractivity contribution in [2.24, 2.45) is 0 Å². The van der Waals surface area contributed by atoms with Crippen molar-refractivity contribution in [3.63, 3.8) is 0 Å². The highest BCUT2D eigenvalue weighted by molar-refractivity contribution is 6.19. The molecular formula is C43H25N3O2. The zero-order valence-corrected chi connectivity index (χ0v) is 25.6. The summed E-state index contributed by atoms with van der Waals surface area (Å²) >= 11 is 0. The number of hydrogen-bond donors (Lipinski definition) is 0. The Morgan fingerprint density at radius 2 is 0.875 bits per heavy atom. The maximum atomic E-state index is 6.54. The predicted molar refractivity (Wildman–Crippen MR) is 194 cm³/mol. The Morgan fingerprint density at radius 1 is 0.312 bits per heavy atom. The van der Waals surface area contributed by atoms with Gasteiger partial charge in [-0.05, 0) is 46.8 Å². The SMILES string of the molecule is c1ccc(-c2ccc3c(-c4nc(-c5ccccc5)nc(-c5cccc6c5oc5ccccc56)n4)cc4c5ccccc5oc4c3c2)cc1. The number of aromatic nitrogens is 3. The van der Waals surface area contributed by atoms with Gasteiger partial charge in [-0.15, -0.1) is 0 Å². The van der Waals surface area contributed by atoms with Crippen molar-refractivity contribution < 1.29 is 8.83 Å². The molecule has 3 heterocycles. The standard InChI is InChI=1S/C43H25N3O2/c1-3-12-26(13-4-1)28-22-23-29-34(24-28)40-35(31-17-8-10-21-38(31)48-40)25-36(29)43-45-41(27-14-5-2-6-15-27)44-42(46-43)33-19-11-18-32-30-16-7-9-20-37(30)47-39(32)33/h1-25H. The first-order valence-electron chi connectivity index (χ1n) is 15.9. The van der Waals surface area contributed by atoms with Crippen LogP contribution in [0.15, 0.2) is 160 Å². The molecule has 224 valence electrons. The maximum absolute atomic E-state index is 6.54. The molecule has 0 aliphatic rings. The van der Waals surface area contributed by atoms with Crippen molar-refractivity contribution >= 4 is 54.6 Å². The van der Waals surface area contributed by atoms with Crippen LogP contribution in [-0.4, -0.2) is 15.0 Å². The molecule has 0 aliphatic heterocycles. The lowest BCUT2D eigenvalue weighted by molar-refractivity contribution is 0.669. The molecule has 10 aromatic rings. The smallest absolute Gasteiger partial charge is 0.167 e. The first-order chi connectivity index (χ1) is 23.8. The Balaban J connectivity index is 1.29. The zero-order valence-electron chi connectivity index (χ0n) is 25.6. The van der Waals surface area contributed by atoms with Crippen LogP contribution in [0.3, 0.4) is 0 Å². The zero-order chi connectivity index (χ0) is 31.6. The maximum Gasteiger partial charge on any atom is 0.167 e. The quantitative estimate of drug-likeness (QED) is 0.197. The number of furan rings is 2. The van der Waals surface area contributed by atoms with Crippen LogP contribution in [0.25, 0.3) is 99.9 Å². The third kappa shape index (κ3) is 4.15. The van der Waals surface area contributed by atoms with E-state index in [1.807, 2.05) is 84.9 Å². The summed E-state index contributed by atoms with van der Waals surface area (Å²) in [5.41, 5.74) is 8.15. The van der Waals surface area contributed by atoms with Crippen LogP contribution in [0.1, 0.15) is 0 Å². The van der Waals surface area contributed by atoms with Crippen LogP contribution in [-0.2, 0) is 0 Å². The minimum absolute atomic E-state index is 0.551. The van der Waals surface area contributed by atoms with E-state index in [1.165, 1.54) is 0 Å². The molecule has 0 N–H and O–H groups in total. The molecule has 0 aliphatic carbocycles. The molecule has 0 spiro atoms. The van der Waals surface area contributed by atoms with Crippen molar-refractivity contribution in [1.29, 1.82) is 0 Å². The number of hydrogen-bond acceptors (Lipinski definition) is 5. The number of benzene rings is 7. The second-order valence-corrected chi connectivity index (χ2v) is 12.0. The normalized spacial score (nSPS) is 11.8. The van der Waals surface area contributed by atoms with Gasteiger partial charge in [-0.3, -0.25) is 0 Å². The molecule has 5 nitrogen and oxygen atoms in total. The van der Waals surface area contributed by atoms with Crippen molar-refractivity contribution in [2.75, 3.05) is 0 Å². The Bertz CT molecular complexity index is 2840. The van der Waals surface area contributed by atoms with E-state index in [9.17, 15) is 0 Å². The first-order valence-corrected chi connectivity index (χ1v) is 15.9. The van der Waals surface area contributed by atoms with Gasteiger partial charge in [0, 0.05) is 38.1 Å². The summed E-state index contributed by atoms with van der Waals surface area (Å²) in [4.78, 5) is 15.4. The highest BCUT2D eigenvalue weighted by atomic mass is 16.3. The lowest BCUT2D eigenvalue weighted by Gasteiger charge is -2.12. The average molecular weight is 616 g/mol. The number of nitrogens with zero attached hydrogens (tertiary/aromatic N) is 3. The lowest BCUT2D eigenvalue weighted by Crippen LogP contribution is -2.01. The number of rotatable bonds is 4. The van der Waals surface area contributed by atoms with Crippen LogP contribution < -0.4 is 0 Å². The van der Waals surface area contributed by atoms with Crippen LogP contribution in [0, 0.1) is 0 Å². The number of para-hydroxylation sites is 3. The highest BCUT2D eigenvalue weighted by Crippen LogP contribution is 2.42. The minimum atomic E-state index is 0.551. The van der Waals surface area contributed by atoms with Crippen molar-refractivity contribution in [3.8, 4) is 45.3 Å². The largest absolute Gasteiger partial charge is 0.455 e. The van der Waals surface area contributed by atoms with Crippen molar-refractivity contribution in [3.05, 3.63) is 152 Å². The van der Waals surface area contributed by atoms with Crippen LogP contribution >= 0.6 is 0 Å². The molecule has 0 bridgehead atoms. The van der Waals surface area contributed by atoms with Gasteiger partial charge in [0.15, 0.2) is 17.5 Å². The van der Waals surface area contributed by atoms with Gasteiger partial charge in [-0.25, -0.2) is 15.0 Å². The third-order valence-electron chi connectivity index (χ3n) is 9.14. The van der Waals surface area contributed by atoms with E-state index in [0.717, 1.165) is 82.5 Å². The fraction of sp³-hybridized carbons (Fsp3) is 0. The molecule has 0 radical (unpaired) electrons. The van der Waals surface area contributed by atoms with E-state index in [2.05, 4.69) is 66.7 Å². The van der Waals surface area contributed by atoms with Crippen molar-refractivity contribution in [2.45, 2.75) is 0 Å². The molecule has 0 fully saturated rings. The fourth-order valence-electron chi connectivity index (χ4n) is 6.85. The summed E-state index contributed by atoms with van der Waals surface area (Å²) in [5.74, 6) is 1.72. The van der Waals surface area contributed by atoms with Gasteiger partial charge in [-0.2, -0.15) is 0 Å². The van der Waals surface area contributed by atoms with Gasteiger partial charge in [0.25, 0.3) is 0 Å². The van der Waals surface area contributed by atoms with Gasteiger partial charge in [-0.1, -0.05) is 121 Å². The molecule has 0 amide bonds. The molecule has 0 saturated heterocycles. The van der Waals surface area contributed by atoms with Crippen LogP contribution in [0.4, 0.5) is 0 Å². The molecule has 5 heteroatoms. The molecule has 10 rings (SSSR count). The summed E-state index contributed by atoms with van der Waals surface area (Å²) < 4.78 is 13.0. The van der Waals surface area contributed by atoms with Gasteiger partial charge >= 0.3 is 0 Å². The predicted octanol–water partition coefficient (Wildman–Crippen LogP) is 11.5. The van der Waals surface area contributed by atoms with E-state index in [0.29, 0.717) is 17.5 Å². The first kappa shape index (κ1) is 26.6. The second-order valence-electron chi connectivity index (χ2n) is 12.0. The van der Waals surface area contributed by atoms with Gasteiger partial charge in [0.1, 0.15) is 22.3 Å². The van der Waals surface area contributed by atoms with Crippen molar-refractivity contribution in [1.82, 2.24) is 15.0 Å². The van der Waals surface area contributed by atoms with E-state index < -0.39 is 0 Å². The van der Waals surface area contributed by atoms with Gasteiger partial charge in [0.05, 0.1) is 5.56 Å². The summed E-state index contributed by atoms with van der Waals surface area (Å²) in [5, 5.41) is 6.15. The van der Waals surface area contributed by atoms with Crippen LogP contribution in [0.2, 0.25) is 0 Å². The molecule has 3 aromatic heterocycles. The third-order valence-corrected chi connectivity index (χ3v) is 9.14. The molecule has 0 atom stereocenters. The molecule has 7 aromatic carbocycles. The minimum Gasteiger partial charge on any atom is -0.455 e. The summed E-state index contributed by atoms with van der Waals surface area (Å²) in [6.45, 7) is 0. The molecule has 48 heavy (non-hydrogen) atoms. The number of fused-ring (bicyclic) bond motifs is 8. The monoisotopic (exact) mass is 615 g/mol. The van der Waals surface area contributed by atoms with E-state index in [1.54, 1.807) is 0 Å². The Kier molecular flexibility index (Phi) is 5.81. The van der Waals surface area contributed by atoms with Gasteiger partial charge in [0.2, 0.25) is 0 Å². The van der Waals surface area contributed by atoms with E-state index >= 15 is 0 Å². The topological polar surface area (TPSA) is 65.0 Å². The fourth-order valence-corrected chi connectivity index (χ4v) is 6.85. The second kappa shape index (κ2) is 10.5. The molecular weight excluding hydrogens is 590 g/mol. The van der Waals surface area contributed by atoms with E-state index in [4.69, 9.17) is 23.8 Å². The Hall–Kier alpha value is -6.59. The molecule has 0 unspecified atom stereocenters. The Morgan fingerprint density at radius 3 is 1.62 bits per heavy atom. The lowest BCUT2D eigenvalue weighted by atomic mass is 9.95. The average Bonchev–Trinajstić information content (AvgIpc) is 3.74. The summed E-state index contributed by atoms with van der Waals surface area (Å²) in [6, 6.07) is 51.6. The summed E-state index contributed by atoms with van der Waals surface area (Å²) in [6.07, 6.45) is 0.